The van der Waals surface area contributed by atoms with Gasteiger partial charge in [0.1, 0.15) is 0 Å². The lowest BCUT2D eigenvalue weighted by Crippen LogP contribution is -2.22. The molecule has 0 spiro atoms. The number of aryl methyl sites for hydroxylation is 1. The summed E-state index contributed by atoms with van der Waals surface area (Å²) in [5, 5.41) is 3.25. The normalized spacial score (nSPS) is 11.8. The average Bonchev–Trinajstić information content (AvgIpc) is 3.30. The minimum absolute atomic E-state index is 0.0631. The van der Waals surface area contributed by atoms with Crippen LogP contribution in [-0.2, 0) is 23.9 Å². The number of thioether (sulfide) groups is 1. The van der Waals surface area contributed by atoms with E-state index >= 15 is 0 Å². The van der Waals surface area contributed by atoms with E-state index < -0.39 is 11.7 Å². The zero-order valence-electron chi connectivity index (χ0n) is 17.1. The van der Waals surface area contributed by atoms with Crippen molar-refractivity contribution in [3.8, 4) is 0 Å². The number of nitrogens with one attached hydrogen (secondary N) is 1. The van der Waals surface area contributed by atoms with Crippen LogP contribution >= 0.6 is 23.1 Å². The molecule has 0 bridgehead atoms. The number of thiophene rings is 1. The lowest BCUT2D eigenvalue weighted by molar-refractivity contribution is -0.137. The first-order valence-corrected chi connectivity index (χ1v) is 11.6. The Morgan fingerprint density at radius 3 is 2.68 bits per heavy atom. The van der Waals surface area contributed by atoms with Crippen molar-refractivity contribution in [1.82, 2.24) is 14.9 Å². The molecule has 166 valence electrons. The fraction of sp³-hybridized carbons (Fsp3) is 0.381. The van der Waals surface area contributed by atoms with E-state index in [1.54, 1.807) is 10.6 Å². The van der Waals surface area contributed by atoms with Crippen LogP contribution in [0.2, 0.25) is 0 Å². The Kier molecular flexibility index (Phi) is 7.42. The lowest BCUT2D eigenvalue weighted by Gasteiger charge is -2.09. The maximum atomic E-state index is 13.1. The van der Waals surface area contributed by atoms with Gasteiger partial charge in [0.15, 0.2) is 10.9 Å². The van der Waals surface area contributed by atoms with Gasteiger partial charge in [-0.1, -0.05) is 18.7 Å². The number of hydrogen-bond acceptors (Lipinski definition) is 5. The molecule has 0 saturated carbocycles. The summed E-state index contributed by atoms with van der Waals surface area (Å²) in [4.78, 5) is 29.6. The van der Waals surface area contributed by atoms with Crippen LogP contribution in [0, 0.1) is 0 Å². The third-order valence-corrected chi connectivity index (χ3v) is 6.66. The van der Waals surface area contributed by atoms with E-state index in [0.29, 0.717) is 40.6 Å². The number of hydrogen-bond donors (Lipinski definition) is 1. The quantitative estimate of drug-likeness (QED) is 0.346. The molecule has 0 radical (unpaired) electrons. The van der Waals surface area contributed by atoms with Crippen molar-refractivity contribution in [2.75, 3.05) is 12.3 Å². The number of halogens is 3. The average molecular weight is 470 g/mol. The van der Waals surface area contributed by atoms with E-state index in [-0.39, 0.29) is 17.4 Å². The molecule has 0 unspecified atom stereocenters. The third kappa shape index (κ3) is 5.88. The van der Waals surface area contributed by atoms with E-state index in [1.807, 2.05) is 13.0 Å². The molecule has 1 amide bonds. The van der Waals surface area contributed by atoms with Gasteiger partial charge in [-0.25, -0.2) is 4.98 Å². The van der Waals surface area contributed by atoms with Crippen molar-refractivity contribution in [3.63, 3.8) is 0 Å². The van der Waals surface area contributed by atoms with Crippen LogP contribution in [0.25, 0.3) is 11.0 Å². The van der Waals surface area contributed by atoms with Gasteiger partial charge >= 0.3 is 6.18 Å². The van der Waals surface area contributed by atoms with E-state index in [0.717, 1.165) is 23.4 Å². The summed E-state index contributed by atoms with van der Waals surface area (Å²) in [6.45, 7) is 4.42. The number of alkyl halides is 3. The van der Waals surface area contributed by atoms with Crippen LogP contribution in [-0.4, -0.2) is 33.5 Å². The Morgan fingerprint density at radius 2 is 2.00 bits per heavy atom. The SMILES string of the molecule is CCCn1c(SCC(=O)c2ccc(CCNC(C)=O)s2)nc2ccc(C(F)(F)F)cc21. The summed E-state index contributed by atoms with van der Waals surface area (Å²) in [6.07, 6.45) is -3.04. The summed E-state index contributed by atoms with van der Waals surface area (Å²) < 4.78 is 41.1. The molecule has 0 saturated heterocycles. The Bertz CT molecular complexity index is 1090. The van der Waals surface area contributed by atoms with Crippen LogP contribution in [0.4, 0.5) is 13.2 Å². The standard InChI is InChI=1S/C21H22F3N3O2S2/c1-3-10-27-17-11-14(21(22,23)24)4-6-16(17)26-20(27)30-12-18(29)19-7-5-15(31-19)8-9-25-13(2)28/h4-7,11H,3,8-10,12H2,1-2H3,(H,25,28). The smallest absolute Gasteiger partial charge is 0.356 e. The first-order chi connectivity index (χ1) is 14.7. The molecular weight excluding hydrogens is 447 g/mol. The fourth-order valence-electron chi connectivity index (χ4n) is 3.05. The third-order valence-electron chi connectivity index (χ3n) is 4.50. The molecule has 0 fully saturated rings. The van der Waals surface area contributed by atoms with Crippen molar-refractivity contribution in [1.29, 1.82) is 0 Å². The van der Waals surface area contributed by atoms with Gasteiger partial charge in [-0.05, 0) is 43.2 Å². The molecule has 3 aromatic rings. The van der Waals surface area contributed by atoms with Gasteiger partial charge in [0.2, 0.25) is 5.91 Å². The molecule has 31 heavy (non-hydrogen) atoms. The second kappa shape index (κ2) is 9.86. The van der Waals surface area contributed by atoms with Gasteiger partial charge in [-0.3, -0.25) is 9.59 Å². The zero-order valence-corrected chi connectivity index (χ0v) is 18.7. The van der Waals surface area contributed by atoms with Gasteiger partial charge < -0.3 is 9.88 Å². The molecule has 3 rings (SSSR count). The Hall–Kier alpha value is -2.33. The summed E-state index contributed by atoms with van der Waals surface area (Å²) in [5.41, 5.74) is 0.186. The minimum Gasteiger partial charge on any atom is -0.356 e. The number of carbonyl (C=O) groups is 2. The largest absolute Gasteiger partial charge is 0.416 e. The number of aromatic nitrogens is 2. The second-order valence-electron chi connectivity index (χ2n) is 6.96. The van der Waals surface area contributed by atoms with Crippen LogP contribution in [0.15, 0.2) is 35.5 Å². The molecule has 1 N–H and O–H groups in total. The Labute approximate surface area is 186 Å². The molecule has 0 atom stereocenters. The van der Waals surface area contributed by atoms with E-state index in [1.165, 1.54) is 36.1 Å². The molecule has 5 nitrogen and oxygen atoms in total. The van der Waals surface area contributed by atoms with Crippen LogP contribution in [0.5, 0.6) is 0 Å². The maximum Gasteiger partial charge on any atom is 0.416 e. The molecule has 2 heterocycles. The number of rotatable bonds is 9. The van der Waals surface area contributed by atoms with Gasteiger partial charge in [0.25, 0.3) is 0 Å². The summed E-state index contributed by atoms with van der Waals surface area (Å²) >= 11 is 2.62. The van der Waals surface area contributed by atoms with Crippen molar-refractivity contribution < 1.29 is 22.8 Å². The van der Waals surface area contributed by atoms with E-state index in [2.05, 4.69) is 10.3 Å². The van der Waals surface area contributed by atoms with Crippen LogP contribution in [0.3, 0.4) is 0 Å². The second-order valence-corrected chi connectivity index (χ2v) is 9.07. The highest BCUT2D eigenvalue weighted by atomic mass is 32.2. The van der Waals surface area contributed by atoms with E-state index in [9.17, 15) is 22.8 Å². The fourth-order valence-corrected chi connectivity index (χ4v) is 5.01. The highest BCUT2D eigenvalue weighted by Crippen LogP contribution is 2.33. The number of Topliss-reactive ketones (excluding diaryl/α,β-unsaturated/α-hetero) is 1. The number of amides is 1. The number of nitrogens with zero attached hydrogens (tertiary/aromatic N) is 2. The lowest BCUT2D eigenvalue weighted by atomic mass is 10.2. The molecule has 0 aliphatic carbocycles. The first-order valence-electron chi connectivity index (χ1n) is 9.75. The monoisotopic (exact) mass is 469 g/mol. The summed E-state index contributed by atoms with van der Waals surface area (Å²) in [5.74, 6) is -0.0152. The van der Waals surface area contributed by atoms with Crippen molar-refractivity contribution in [3.05, 3.63) is 45.6 Å². The van der Waals surface area contributed by atoms with Crippen molar-refractivity contribution in [2.45, 2.75) is 44.6 Å². The molecule has 0 aliphatic rings. The number of imidazole rings is 1. The Balaban J connectivity index is 1.73. The molecule has 2 aromatic heterocycles. The van der Waals surface area contributed by atoms with Gasteiger partial charge in [-0.15, -0.1) is 11.3 Å². The van der Waals surface area contributed by atoms with Crippen molar-refractivity contribution in [2.24, 2.45) is 0 Å². The highest BCUT2D eigenvalue weighted by molar-refractivity contribution is 7.99. The Morgan fingerprint density at radius 1 is 1.23 bits per heavy atom. The van der Waals surface area contributed by atoms with Gasteiger partial charge in [0, 0.05) is 24.9 Å². The number of benzene rings is 1. The maximum absolute atomic E-state index is 13.1. The van der Waals surface area contributed by atoms with Crippen molar-refractivity contribution >= 4 is 45.8 Å². The minimum atomic E-state index is -4.42. The predicted molar refractivity (Wildman–Crippen MR) is 117 cm³/mol. The molecule has 0 aliphatic heterocycles. The van der Waals surface area contributed by atoms with Crippen LogP contribution < -0.4 is 5.32 Å². The number of fused-ring (bicyclic) bond motifs is 1. The molecule has 10 heteroatoms. The van der Waals surface area contributed by atoms with Gasteiger partial charge in [0.05, 0.1) is 27.2 Å². The highest BCUT2D eigenvalue weighted by Gasteiger charge is 2.31. The zero-order chi connectivity index (χ0) is 22.6. The van der Waals surface area contributed by atoms with Crippen LogP contribution in [0.1, 0.15) is 40.4 Å². The first kappa shape index (κ1) is 23.3. The summed E-state index contributed by atoms with van der Waals surface area (Å²) in [6, 6.07) is 7.15. The topological polar surface area (TPSA) is 64.0 Å². The number of carbonyl (C=O) groups excluding carboxylic acids is 2. The summed E-state index contributed by atoms with van der Waals surface area (Å²) in [7, 11) is 0. The predicted octanol–water partition coefficient (Wildman–Crippen LogP) is 5.18. The molecular formula is C21H22F3N3O2S2. The molecule has 1 aromatic carbocycles. The van der Waals surface area contributed by atoms with Gasteiger partial charge in [-0.2, -0.15) is 13.2 Å². The number of ketones is 1. The van der Waals surface area contributed by atoms with E-state index in [4.69, 9.17) is 0 Å².